The van der Waals surface area contributed by atoms with Gasteiger partial charge in [0.15, 0.2) is 6.61 Å². The second kappa shape index (κ2) is 7.94. The first-order valence-corrected chi connectivity index (χ1v) is 7.42. The summed E-state index contributed by atoms with van der Waals surface area (Å²) in [5.74, 6) is -0.448. The maximum Gasteiger partial charge on any atom is 0.258 e. The largest absolute Gasteiger partial charge is 0.484 e. The van der Waals surface area contributed by atoms with Crippen LogP contribution >= 0.6 is 11.6 Å². The first-order valence-electron chi connectivity index (χ1n) is 7.04. The standard InChI is InChI=1S/C17H17ClFNO3/c1-11-2-5-13(6-3-11)23-10-17(22)20-16(9-21)12-4-7-14(18)15(19)8-12/h2-8,16,21H,9-10H2,1H3,(H,20,22). The van der Waals surface area contributed by atoms with E-state index in [1.165, 1.54) is 12.1 Å². The first-order chi connectivity index (χ1) is 11.0. The number of halogens is 2. The third kappa shape index (κ3) is 4.94. The van der Waals surface area contributed by atoms with E-state index >= 15 is 0 Å². The molecule has 0 heterocycles. The number of carbonyl (C=O) groups excluding carboxylic acids is 1. The van der Waals surface area contributed by atoms with Gasteiger partial charge in [-0.2, -0.15) is 0 Å². The molecule has 1 atom stereocenters. The quantitative estimate of drug-likeness (QED) is 0.852. The number of benzene rings is 2. The minimum absolute atomic E-state index is 0.0144. The van der Waals surface area contributed by atoms with Gasteiger partial charge < -0.3 is 15.2 Å². The van der Waals surface area contributed by atoms with Crippen molar-refractivity contribution in [3.63, 3.8) is 0 Å². The van der Waals surface area contributed by atoms with Crippen molar-refractivity contribution in [2.45, 2.75) is 13.0 Å². The van der Waals surface area contributed by atoms with Gasteiger partial charge in [-0.05, 0) is 36.8 Å². The summed E-state index contributed by atoms with van der Waals surface area (Å²) in [7, 11) is 0. The summed E-state index contributed by atoms with van der Waals surface area (Å²) in [6.07, 6.45) is 0. The third-order valence-corrected chi connectivity index (χ3v) is 3.56. The van der Waals surface area contributed by atoms with Gasteiger partial charge in [0.05, 0.1) is 17.7 Å². The maximum absolute atomic E-state index is 13.5. The number of ether oxygens (including phenoxy) is 1. The zero-order chi connectivity index (χ0) is 16.8. The van der Waals surface area contributed by atoms with Gasteiger partial charge in [-0.3, -0.25) is 4.79 Å². The molecule has 0 bridgehead atoms. The maximum atomic E-state index is 13.5. The van der Waals surface area contributed by atoms with Crippen LogP contribution in [0.3, 0.4) is 0 Å². The van der Waals surface area contributed by atoms with Gasteiger partial charge in [-0.15, -0.1) is 0 Å². The number of nitrogens with one attached hydrogen (secondary N) is 1. The molecule has 2 aromatic carbocycles. The molecule has 0 aromatic heterocycles. The lowest BCUT2D eigenvalue weighted by Gasteiger charge is -2.17. The molecule has 2 N–H and O–H groups in total. The van der Waals surface area contributed by atoms with Crippen LogP contribution in [-0.4, -0.2) is 24.2 Å². The highest BCUT2D eigenvalue weighted by Crippen LogP contribution is 2.20. The number of hydrogen-bond donors (Lipinski definition) is 2. The lowest BCUT2D eigenvalue weighted by molar-refractivity contribution is -0.124. The Bertz CT molecular complexity index is 676. The number of rotatable bonds is 6. The zero-order valence-electron chi connectivity index (χ0n) is 12.6. The molecule has 1 unspecified atom stereocenters. The van der Waals surface area contributed by atoms with Crippen molar-refractivity contribution in [2.24, 2.45) is 0 Å². The molecule has 4 nitrogen and oxygen atoms in total. The lowest BCUT2D eigenvalue weighted by Crippen LogP contribution is -2.34. The van der Waals surface area contributed by atoms with Gasteiger partial charge in [-0.25, -0.2) is 4.39 Å². The van der Waals surface area contributed by atoms with Crippen LogP contribution in [0, 0.1) is 12.7 Å². The molecule has 0 saturated heterocycles. The Morgan fingerprint density at radius 1 is 1.30 bits per heavy atom. The summed E-state index contributed by atoms with van der Waals surface area (Å²) in [6.45, 7) is 1.39. The summed E-state index contributed by atoms with van der Waals surface area (Å²) in [4.78, 5) is 11.9. The van der Waals surface area contributed by atoms with E-state index in [2.05, 4.69) is 5.32 Å². The molecule has 0 saturated carbocycles. The van der Waals surface area contributed by atoms with Crippen LogP contribution in [0.4, 0.5) is 4.39 Å². The van der Waals surface area contributed by atoms with Crippen molar-refractivity contribution in [2.75, 3.05) is 13.2 Å². The van der Waals surface area contributed by atoms with Crippen LogP contribution in [-0.2, 0) is 4.79 Å². The molecule has 23 heavy (non-hydrogen) atoms. The lowest BCUT2D eigenvalue weighted by atomic mass is 10.1. The Balaban J connectivity index is 1.94. The Morgan fingerprint density at radius 2 is 2.00 bits per heavy atom. The van der Waals surface area contributed by atoms with Crippen LogP contribution in [0.1, 0.15) is 17.2 Å². The van der Waals surface area contributed by atoms with Crippen LogP contribution in [0.5, 0.6) is 5.75 Å². The molecule has 1 amide bonds. The highest BCUT2D eigenvalue weighted by atomic mass is 35.5. The van der Waals surface area contributed by atoms with Gasteiger partial charge in [0.25, 0.3) is 5.91 Å². The van der Waals surface area contributed by atoms with E-state index in [9.17, 15) is 14.3 Å². The van der Waals surface area contributed by atoms with Crippen LogP contribution in [0.2, 0.25) is 5.02 Å². The number of carbonyl (C=O) groups is 1. The molecule has 0 fully saturated rings. The Labute approximate surface area is 138 Å². The van der Waals surface area contributed by atoms with E-state index in [1.54, 1.807) is 18.2 Å². The summed E-state index contributed by atoms with van der Waals surface area (Å²) < 4.78 is 18.8. The van der Waals surface area contributed by atoms with Crippen molar-refractivity contribution >= 4 is 17.5 Å². The highest BCUT2D eigenvalue weighted by Gasteiger charge is 2.15. The topological polar surface area (TPSA) is 58.6 Å². The zero-order valence-corrected chi connectivity index (χ0v) is 13.3. The Morgan fingerprint density at radius 3 is 2.61 bits per heavy atom. The second-order valence-corrected chi connectivity index (χ2v) is 5.49. The van der Waals surface area contributed by atoms with Gasteiger partial charge in [0.2, 0.25) is 0 Å². The van der Waals surface area contributed by atoms with Gasteiger partial charge in [0, 0.05) is 0 Å². The molecule has 2 aromatic rings. The van der Waals surface area contributed by atoms with E-state index < -0.39 is 17.8 Å². The molecule has 0 radical (unpaired) electrons. The van der Waals surface area contributed by atoms with Gasteiger partial charge in [0.1, 0.15) is 11.6 Å². The second-order valence-electron chi connectivity index (χ2n) is 5.08. The predicted molar refractivity (Wildman–Crippen MR) is 86.1 cm³/mol. The molecule has 0 aliphatic carbocycles. The van der Waals surface area contributed by atoms with Crippen molar-refractivity contribution in [3.05, 3.63) is 64.4 Å². The van der Waals surface area contributed by atoms with Crippen molar-refractivity contribution < 1.29 is 19.0 Å². The monoisotopic (exact) mass is 337 g/mol. The molecule has 0 aliphatic heterocycles. The average molecular weight is 338 g/mol. The fourth-order valence-corrected chi connectivity index (χ4v) is 2.10. The van der Waals surface area contributed by atoms with Crippen molar-refractivity contribution in [1.82, 2.24) is 5.32 Å². The molecule has 122 valence electrons. The van der Waals surface area contributed by atoms with Gasteiger partial charge in [-0.1, -0.05) is 35.4 Å². The third-order valence-electron chi connectivity index (χ3n) is 3.25. The fourth-order valence-electron chi connectivity index (χ4n) is 1.98. The van der Waals surface area contributed by atoms with E-state index in [4.69, 9.17) is 16.3 Å². The minimum atomic E-state index is -0.726. The number of aryl methyl sites for hydroxylation is 1. The fraction of sp³-hybridized carbons (Fsp3) is 0.235. The summed E-state index contributed by atoms with van der Waals surface area (Å²) >= 11 is 5.62. The number of aliphatic hydroxyl groups excluding tert-OH is 1. The summed E-state index contributed by atoms with van der Waals surface area (Å²) in [6, 6.07) is 10.7. The smallest absolute Gasteiger partial charge is 0.258 e. The number of amides is 1. The van der Waals surface area contributed by atoms with Crippen molar-refractivity contribution in [1.29, 1.82) is 0 Å². The van der Waals surface area contributed by atoms with E-state index in [-0.39, 0.29) is 18.2 Å². The molecular weight excluding hydrogens is 321 g/mol. The number of aliphatic hydroxyl groups is 1. The van der Waals surface area contributed by atoms with Gasteiger partial charge >= 0.3 is 0 Å². The van der Waals surface area contributed by atoms with E-state index in [0.29, 0.717) is 11.3 Å². The van der Waals surface area contributed by atoms with Crippen molar-refractivity contribution in [3.8, 4) is 5.75 Å². The molecule has 6 heteroatoms. The van der Waals surface area contributed by atoms with E-state index in [1.807, 2.05) is 19.1 Å². The predicted octanol–water partition coefficient (Wildman–Crippen LogP) is 3.02. The summed E-state index contributed by atoms with van der Waals surface area (Å²) in [5.41, 5.74) is 1.52. The number of hydrogen-bond acceptors (Lipinski definition) is 3. The molecular formula is C17H17ClFNO3. The first kappa shape index (κ1) is 17.2. The molecule has 0 spiro atoms. The normalized spacial score (nSPS) is 11.8. The summed E-state index contributed by atoms with van der Waals surface area (Å²) in [5, 5.41) is 12.0. The molecule has 0 aliphatic rings. The molecule has 2 rings (SSSR count). The minimum Gasteiger partial charge on any atom is -0.484 e. The van der Waals surface area contributed by atoms with Crippen LogP contribution in [0.25, 0.3) is 0 Å². The van der Waals surface area contributed by atoms with Crippen LogP contribution in [0.15, 0.2) is 42.5 Å². The average Bonchev–Trinajstić information content (AvgIpc) is 2.55. The van der Waals surface area contributed by atoms with E-state index in [0.717, 1.165) is 5.56 Å². The Hall–Kier alpha value is -2.11. The SMILES string of the molecule is Cc1ccc(OCC(=O)NC(CO)c2ccc(Cl)c(F)c2)cc1. The highest BCUT2D eigenvalue weighted by molar-refractivity contribution is 6.30. The van der Waals surface area contributed by atoms with Crippen LogP contribution < -0.4 is 10.1 Å². The Kier molecular flexibility index (Phi) is 5.96.